The van der Waals surface area contributed by atoms with Crippen LogP contribution in [0.1, 0.15) is 12.5 Å². The van der Waals surface area contributed by atoms with Gasteiger partial charge in [-0.1, -0.05) is 12.1 Å². The van der Waals surface area contributed by atoms with Gasteiger partial charge in [0.05, 0.1) is 5.56 Å². The Morgan fingerprint density at radius 3 is 2.41 bits per heavy atom. The van der Waals surface area contributed by atoms with Crippen LogP contribution < -0.4 is 10.1 Å². The van der Waals surface area contributed by atoms with Gasteiger partial charge in [0.15, 0.2) is 12.1 Å². The van der Waals surface area contributed by atoms with Crippen LogP contribution in [0.5, 0.6) is 5.75 Å². The Morgan fingerprint density at radius 2 is 1.91 bits per heavy atom. The second-order valence-electron chi connectivity index (χ2n) is 4.31. The first-order valence-electron chi connectivity index (χ1n) is 6.08. The normalized spacial score (nSPS) is 14.0. The number of benzene rings is 1. The molecule has 1 aromatic rings. The van der Waals surface area contributed by atoms with Crippen molar-refractivity contribution in [2.45, 2.75) is 25.2 Å². The molecule has 0 radical (unpaired) electrons. The molecule has 0 aromatic heterocycles. The van der Waals surface area contributed by atoms with Crippen molar-refractivity contribution in [3.05, 3.63) is 29.8 Å². The molecule has 122 valence electrons. The minimum Gasteiger partial charge on any atom is -0.480 e. The summed E-state index contributed by atoms with van der Waals surface area (Å²) in [5.41, 5.74) is -1.07. The molecule has 2 N–H and O–H groups in total. The summed E-state index contributed by atoms with van der Waals surface area (Å²) in [5.74, 6) is -3.22. The van der Waals surface area contributed by atoms with Crippen molar-refractivity contribution in [3.63, 3.8) is 0 Å². The molecular weight excluding hydrogens is 310 g/mol. The average Bonchev–Trinajstić information content (AvgIpc) is 2.43. The van der Waals surface area contributed by atoms with Crippen LogP contribution in [-0.2, 0) is 15.8 Å². The van der Waals surface area contributed by atoms with Crippen LogP contribution in [0.3, 0.4) is 0 Å². The molecule has 2 atom stereocenters. The van der Waals surface area contributed by atoms with Crippen LogP contribution in [0.4, 0.5) is 17.6 Å². The van der Waals surface area contributed by atoms with Crippen LogP contribution in [-0.4, -0.2) is 35.8 Å². The van der Waals surface area contributed by atoms with Crippen LogP contribution in [0.2, 0.25) is 0 Å². The predicted octanol–water partition coefficient (Wildman–Crippen LogP) is 2.01. The number of aliphatic carboxylic acids is 1. The van der Waals surface area contributed by atoms with Crippen molar-refractivity contribution in [3.8, 4) is 5.75 Å². The third-order valence-corrected chi connectivity index (χ3v) is 2.63. The van der Waals surface area contributed by atoms with Crippen molar-refractivity contribution in [2.24, 2.45) is 0 Å². The summed E-state index contributed by atoms with van der Waals surface area (Å²) in [6.45, 7) is -0.230. The molecule has 0 aliphatic rings. The Bertz CT molecular complexity index is 547. The fraction of sp³-hybridized carbons (Fsp3) is 0.385. The monoisotopic (exact) mass is 323 g/mol. The Labute approximate surface area is 122 Å². The number of hydrogen-bond donors (Lipinski definition) is 2. The number of para-hydroxylation sites is 1. The van der Waals surface area contributed by atoms with Crippen molar-refractivity contribution in [2.75, 3.05) is 6.67 Å². The van der Waals surface area contributed by atoms with Crippen LogP contribution in [0, 0.1) is 0 Å². The highest BCUT2D eigenvalue weighted by atomic mass is 19.4. The second-order valence-corrected chi connectivity index (χ2v) is 4.31. The molecule has 2 unspecified atom stereocenters. The van der Waals surface area contributed by atoms with E-state index in [1.54, 1.807) is 0 Å². The standard InChI is InChI=1S/C13H13F4NO4/c1-7(11(19)18-9(6-14)12(20)21)22-10-5-3-2-4-8(10)13(15,16)17/h2-5,7,9H,6H2,1H3,(H,18,19)(H,20,21). The van der Waals surface area contributed by atoms with Gasteiger partial charge in [0, 0.05) is 0 Å². The molecule has 0 saturated heterocycles. The molecule has 0 aliphatic heterocycles. The van der Waals surface area contributed by atoms with Crippen LogP contribution >= 0.6 is 0 Å². The lowest BCUT2D eigenvalue weighted by Crippen LogP contribution is -2.47. The third kappa shape index (κ3) is 4.61. The van der Waals surface area contributed by atoms with Crippen LogP contribution in [0.15, 0.2) is 24.3 Å². The summed E-state index contributed by atoms with van der Waals surface area (Å²) in [6.07, 6.45) is -6.10. The highest BCUT2D eigenvalue weighted by Gasteiger charge is 2.35. The largest absolute Gasteiger partial charge is 0.480 e. The van der Waals surface area contributed by atoms with Gasteiger partial charge in [0.25, 0.3) is 5.91 Å². The topological polar surface area (TPSA) is 75.6 Å². The number of carboxylic acids is 1. The van der Waals surface area contributed by atoms with E-state index >= 15 is 0 Å². The summed E-state index contributed by atoms with van der Waals surface area (Å²) >= 11 is 0. The first-order chi connectivity index (χ1) is 10.2. The van der Waals surface area contributed by atoms with E-state index in [1.807, 2.05) is 5.32 Å². The maximum atomic E-state index is 12.8. The quantitative estimate of drug-likeness (QED) is 0.785. The number of amides is 1. The molecule has 9 heteroatoms. The van der Waals surface area contributed by atoms with E-state index in [1.165, 1.54) is 6.07 Å². The minimum absolute atomic E-state index is 0.579. The Balaban J connectivity index is 2.83. The number of carboxylic acid groups (broad SMARTS) is 1. The van der Waals surface area contributed by atoms with E-state index in [-0.39, 0.29) is 0 Å². The van der Waals surface area contributed by atoms with Crippen molar-refractivity contribution in [1.82, 2.24) is 5.32 Å². The molecular formula is C13H13F4NO4. The van der Waals surface area contributed by atoms with Gasteiger partial charge < -0.3 is 15.2 Å². The molecule has 1 rings (SSSR count). The zero-order chi connectivity index (χ0) is 16.9. The third-order valence-electron chi connectivity index (χ3n) is 2.63. The Hall–Kier alpha value is -2.32. The molecule has 1 amide bonds. The van der Waals surface area contributed by atoms with E-state index in [9.17, 15) is 27.2 Å². The molecule has 0 saturated carbocycles. The van der Waals surface area contributed by atoms with Crippen LogP contribution in [0.25, 0.3) is 0 Å². The lowest BCUT2D eigenvalue weighted by atomic mass is 10.2. The van der Waals surface area contributed by atoms with Crippen molar-refractivity contribution >= 4 is 11.9 Å². The van der Waals surface area contributed by atoms with Gasteiger partial charge in [-0.15, -0.1) is 0 Å². The Kier molecular flexibility index (Phi) is 5.72. The molecule has 22 heavy (non-hydrogen) atoms. The number of carbonyl (C=O) groups excluding carboxylic acids is 1. The maximum absolute atomic E-state index is 12.8. The van der Waals surface area contributed by atoms with Gasteiger partial charge in [0.1, 0.15) is 12.4 Å². The molecule has 1 aromatic carbocycles. The number of rotatable bonds is 6. The molecule has 0 heterocycles. The fourth-order valence-electron chi connectivity index (χ4n) is 1.50. The lowest BCUT2D eigenvalue weighted by molar-refractivity contribution is -0.143. The SMILES string of the molecule is CC(Oc1ccccc1C(F)(F)F)C(=O)NC(CF)C(=O)O. The Morgan fingerprint density at radius 1 is 1.32 bits per heavy atom. The maximum Gasteiger partial charge on any atom is 0.419 e. The number of ether oxygens (including phenoxy) is 1. The number of hydrogen-bond acceptors (Lipinski definition) is 3. The van der Waals surface area contributed by atoms with Gasteiger partial charge in [-0.05, 0) is 19.1 Å². The highest BCUT2D eigenvalue weighted by Crippen LogP contribution is 2.36. The summed E-state index contributed by atoms with van der Waals surface area (Å²) < 4.78 is 55.6. The van der Waals surface area contributed by atoms with Gasteiger partial charge in [-0.25, -0.2) is 9.18 Å². The molecule has 0 aliphatic carbocycles. The van der Waals surface area contributed by atoms with Gasteiger partial charge in [-0.2, -0.15) is 13.2 Å². The van der Waals surface area contributed by atoms with E-state index in [4.69, 9.17) is 9.84 Å². The van der Waals surface area contributed by atoms with Crippen molar-refractivity contribution < 1.29 is 37.0 Å². The summed E-state index contributed by atoms with van der Waals surface area (Å²) in [6, 6.07) is 2.47. The summed E-state index contributed by atoms with van der Waals surface area (Å²) in [7, 11) is 0. The van der Waals surface area contributed by atoms with E-state index in [2.05, 4.69) is 0 Å². The van der Waals surface area contributed by atoms with Gasteiger partial charge in [0.2, 0.25) is 0 Å². The van der Waals surface area contributed by atoms with E-state index in [0.717, 1.165) is 25.1 Å². The smallest absolute Gasteiger partial charge is 0.419 e. The van der Waals surface area contributed by atoms with Crippen molar-refractivity contribution in [1.29, 1.82) is 0 Å². The molecule has 0 bridgehead atoms. The number of halogens is 4. The molecule has 0 fully saturated rings. The molecule has 0 spiro atoms. The molecule has 5 nitrogen and oxygen atoms in total. The lowest BCUT2D eigenvalue weighted by Gasteiger charge is -2.19. The van der Waals surface area contributed by atoms with Gasteiger partial charge >= 0.3 is 12.1 Å². The summed E-state index contributed by atoms with van der Waals surface area (Å²) in [5, 5.41) is 10.4. The predicted molar refractivity (Wildman–Crippen MR) is 67.1 cm³/mol. The minimum atomic E-state index is -4.67. The highest BCUT2D eigenvalue weighted by molar-refractivity contribution is 5.86. The fourth-order valence-corrected chi connectivity index (χ4v) is 1.50. The van der Waals surface area contributed by atoms with E-state index < -0.39 is 48.2 Å². The zero-order valence-electron chi connectivity index (χ0n) is 11.4. The van der Waals surface area contributed by atoms with E-state index in [0.29, 0.717) is 0 Å². The number of alkyl halides is 4. The van der Waals surface area contributed by atoms with Gasteiger partial charge in [-0.3, -0.25) is 4.79 Å². The number of nitrogens with one attached hydrogen (secondary N) is 1. The first kappa shape index (κ1) is 17.7. The first-order valence-corrected chi connectivity index (χ1v) is 6.08. The second kappa shape index (κ2) is 7.10. The summed E-state index contributed by atoms with van der Waals surface area (Å²) in [4.78, 5) is 22.2. The number of carbonyl (C=O) groups is 2. The zero-order valence-corrected chi connectivity index (χ0v) is 11.4. The average molecular weight is 323 g/mol.